The minimum Gasteiger partial charge on any atom is -0.491 e. The highest BCUT2D eigenvalue weighted by Crippen LogP contribution is 2.24. The zero-order chi connectivity index (χ0) is 20.1. The Morgan fingerprint density at radius 3 is 2.43 bits per heavy atom. The van der Waals surface area contributed by atoms with Crippen molar-refractivity contribution < 1.29 is 14.3 Å². The van der Waals surface area contributed by atoms with Crippen LogP contribution >= 0.6 is 0 Å². The number of ether oxygens (including phenoxy) is 2. The third-order valence-electron chi connectivity index (χ3n) is 4.91. The second-order valence-electron chi connectivity index (χ2n) is 7.70. The third kappa shape index (κ3) is 5.26. The van der Waals surface area contributed by atoms with Crippen LogP contribution in [0.1, 0.15) is 30.5 Å². The minimum atomic E-state index is 0.131. The van der Waals surface area contributed by atoms with Crippen molar-refractivity contribution in [1.82, 2.24) is 10.2 Å². The highest BCUT2D eigenvalue weighted by molar-refractivity contribution is 5.79. The van der Waals surface area contributed by atoms with Crippen molar-refractivity contribution in [2.75, 3.05) is 20.1 Å². The van der Waals surface area contributed by atoms with Crippen molar-refractivity contribution >= 4 is 5.91 Å². The van der Waals surface area contributed by atoms with Crippen LogP contribution in [0.3, 0.4) is 0 Å². The third-order valence-corrected chi connectivity index (χ3v) is 4.91. The van der Waals surface area contributed by atoms with Gasteiger partial charge in [-0.3, -0.25) is 9.69 Å². The maximum absolute atomic E-state index is 11.6. The predicted molar refractivity (Wildman–Crippen MR) is 111 cm³/mol. The van der Waals surface area contributed by atoms with Crippen molar-refractivity contribution in [1.29, 1.82) is 0 Å². The van der Waals surface area contributed by atoms with Gasteiger partial charge in [0.05, 0.1) is 12.0 Å². The van der Waals surface area contributed by atoms with Gasteiger partial charge in [0.25, 0.3) is 0 Å². The van der Waals surface area contributed by atoms with Gasteiger partial charge in [0, 0.05) is 26.7 Å². The average molecular weight is 383 g/mol. The first-order valence-electron chi connectivity index (χ1n) is 9.86. The van der Waals surface area contributed by atoms with Gasteiger partial charge >= 0.3 is 0 Å². The molecule has 1 amide bonds. The number of hydrogen-bond donors (Lipinski definition) is 1. The van der Waals surface area contributed by atoms with E-state index in [1.165, 1.54) is 5.56 Å². The largest absolute Gasteiger partial charge is 0.491 e. The first kappa shape index (κ1) is 20.2. The first-order chi connectivity index (χ1) is 13.4. The number of nitrogens with zero attached hydrogens (tertiary/aromatic N) is 1. The lowest BCUT2D eigenvalue weighted by atomic mass is 9.98. The standard InChI is InChI=1S/C23H30N2O3/c1-16(2)28-21-8-5-18(6-9-21)15-27-22-10-7-19(11-17(22)3)12-25-13-20(14-25)23(26)24-4/h5-11,16,20H,12-15H2,1-4H3,(H,24,26). The Kier molecular flexibility index (Phi) is 6.57. The summed E-state index contributed by atoms with van der Waals surface area (Å²) in [5.74, 6) is 2.05. The normalized spacial score (nSPS) is 14.6. The summed E-state index contributed by atoms with van der Waals surface area (Å²) in [6.07, 6.45) is 0.175. The summed E-state index contributed by atoms with van der Waals surface area (Å²) in [5.41, 5.74) is 3.48. The monoisotopic (exact) mass is 382 g/mol. The number of likely N-dealkylation sites (tertiary alicyclic amines) is 1. The lowest BCUT2D eigenvalue weighted by Gasteiger charge is -2.38. The molecule has 1 aliphatic rings. The second kappa shape index (κ2) is 9.11. The summed E-state index contributed by atoms with van der Waals surface area (Å²) in [4.78, 5) is 13.9. The molecular weight excluding hydrogens is 352 g/mol. The molecule has 1 fully saturated rings. The summed E-state index contributed by atoms with van der Waals surface area (Å²) in [5, 5.41) is 2.72. The van der Waals surface area contributed by atoms with E-state index in [9.17, 15) is 4.79 Å². The van der Waals surface area contributed by atoms with E-state index in [0.717, 1.165) is 42.3 Å². The minimum absolute atomic E-state index is 0.131. The lowest BCUT2D eigenvalue weighted by Crippen LogP contribution is -2.52. The number of carbonyl (C=O) groups is 1. The molecule has 0 saturated carbocycles. The summed E-state index contributed by atoms with van der Waals surface area (Å²) >= 11 is 0. The van der Waals surface area contributed by atoms with Crippen molar-refractivity contribution in [2.24, 2.45) is 5.92 Å². The highest BCUT2D eigenvalue weighted by atomic mass is 16.5. The smallest absolute Gasteiger partial charge is 0.225 e. The molecule has 28 heavy (non-hydrogen) atoms. The van der Waals surface area contributed by atoms with Gasteiger partial charge in [-0.05, 0) is 55.7 Å². The molecule has 1 heterocycles. The van der Waals surface area contributed by atoms with E-state index in [0.29, 0.717) is 6.61 Å². The molecule has 0 aromatic heterocycles. The summed E-state index contributed by atoms with van der Waals surface area (Å²) in [6, 6.07) is 14.3. The molecule has 3 rings (SSSR count). The summed E-state index contributed by atoms with van der Waals surface area (Å²) in [7, 11) is 1.70. The van der Waals surface area contributed by atoms with Crippen LogP contribution < -0.4 is 14.8 Å². The van der Waals surface area contributed by atoms with Crippen molar-refractivity contribution in [3.05, 3.63) is 59.2 Å². The van der Waals surface area contributed by atoms with Crippen LogP contribution in [-0.2, 0) is 17.9 Å². The SMILES string of the molecule is CNC(=O)C1CN(Cc2ccc(OCc3ccc(OC(C)C)cc3)c(C)c2)C1. The molecule has 5 heteroatoms. The predicted octanol–water partition coefficient (Wildman–Crippen LogP) is 3.54. The molecule has 0 bridgehead atoms. The van der Waals surface area contributed by atoms with E-state index >= 15 is 0 Å². The van der Waals surface area contributed by atoms with Crippen molar-refractivity contribution in [3.63, 3.8) is 0 Å². The van der Waals surface area contributed by atoms with E-state index in [4.69, 9.17) is 9.47 Å². The first-order valence-corrected chi connectivity index (χ1v) is 9.86. The highest BCUT2D eigenvalue weighted by Gasteiger charge is 2.31. The van der Waals surface area contributed by atoms with Crippen LogP contribution in [0.5, 0.6) is 11.5 Å². The van der Waals surface area contributed by atoms with Gasteiger partial charge in [-0.1, -0.05) is 24.3 Å². The van der Waals surface area contributed by atoms with E-state index in [1.807, 2.05) is 44.2 Å². The lowest BCUT2D eigenvalue weighted by molar-refractivity contribution is -0.129. The number of aryl methyl sites for hydroxylation is 1. The summed E-state index contributed by atoms with van der Waals surface area (Å²) < 4.78 is 11.7. The Bertz CT molecular complexity index is 796. The van der Waals surface area contributed by atoms with Crippen LogP contribution in [0.15, 0.2) is 42.5 Å². The molecule has 1 N–H and O–H groups in total. The summed E-state index contributed by atoms with van der Waals surface area (Å²) in [6.45, 7) is 9.16. The Labute approximate surface area is 167 Å². The second-order valence-corrected chi connectivity index (χ2v) is 7.70. The van der Waals surface area contributed by atoms with E-state index < -0.39 is 0 Å². The molecule has 0 aliphatic carbocycles. The van der Waals surface area contributed by atoms with Crippen LogP contribution in [0.25, 0.3) is 0 Å². The number of hydrogen-bond acceptors (Lipinski definition) is 4. The van der Waals surface area contributed by atoms with Gasteiger partial charge in [-0.2, -0.15) is 0 Å². The van der Waals surface area contributed by atoms with E-state index in [-0.39, 0.29) is 17.9 Å². The molecule has 150 valence electrons. The molecule has 5 nitrogen and oxygen atoms in total. The van der Waals surface area contributed by atoms with Crippen molar-refractivity contribution in [2.45, 2.75) is 40.0 Å². The van der Waals surface area contributed by atoms with Gasteiger partial charge in [0.2, 0.25) is 5.91 Å². The molecule has 0 unspecified atom stereocenters. The van der Waals surface area contributed by atoms with Crippen molar-refractivity contribution in [3.8, 4) is 11.5 Å². The molecule has 0 atom stereocenters. The number of amides is 1. The van der Waals surface area contributed by atoms with E-state index in [2.05, 4.69) is 29.3 Å². The van der Waals surface area contributed by atoms with Crippen LogP contribution in [-0.4, -0.2) is 37.0 Å². The van der Waals surface area contributed by atoms with Crippen LogP contribution in [0.2, 0.25) is 0 Å². The molecular formula is C23H30N2O3. The van der Waals surface area contributed by atoms with Gasteiger partial charge in [-0.25, -0.2) is 0 Å². The molecule has 1 aliphatic heterocycles. The maximum atomic E-state index is 11.6. The fourth-order valence-electron chi connectivity index (χ4n) is 3.40. The van der Waals surface area contributed by atoms with Gasteiger partial charge in [0.15, 0.2) is 0 Å². The quantitative estimate of drug-likeness (QED) is 0.759. The topological polar surface area (TPSA) is 50.8 Å². The van der Waals surface area contributed by atoms with Gasteiger partial charge < -0.3 is 14.8 Å². The van der Waals surface area contributed by atoms with Crippen LogP contribution in [0.4, 0.5) is 0 Å². The Morgan fingerprint density at radius 1 is 1.14 bits per heavy atom. The average Bonchev–Trinajstić information content (AvgIpc) is 2.64. The molecule has 2 aromatic rings. The number of benzene rings is 2. The van der Waals surface area contributed by atoms with Gasteiger partial charge in [-0.15, -0.1) is 0 Å². The fraction of sp³-hybridized carbons (Fsp3) is 0.435. The van der Waals surface area contributed by atoms with Gasteiger partial charge in [0.1, 0.15) is 18.1 Å². The molecule has 0 spiro atoms. The maximum Gasteiger partial charge on any atom is 0.225 e. The molecule has 1 saturated heterocycles. The fourth-order valence-corrected chi connectivity index (χ4v) is 3.40. The Hall–Kier alpha value is -2.53. The number of carbonyl (C=O) groups excluding carboxylic acids is 1. The Balaban J connectivity index is 1.50. The number of nitrogens with one attached hydrogen (secondary N) is 1. The van der Waals surface area contributed by atoms with E-state index in [1.54, 1.807) is 7.05 Å². The zero-order valence-electron chi connectivity index (χ0n) is 17.2. The Morgan fingerprint density at radius 2 is 1.82 bits per heavy atom. The molecule has 2 aromatic carbocycles. The number of rotatable bonds is 8. The zero-order valence-corrected chi connectivity index (χ0v) is 17.2. The molecule has 0 radical (unpaired) electrons. The van der Waals surface area contributed by atoms with Crippen LogP contribution in [0, 0.1) is 12.8 Å².